The Kier molecular flexibility index (Phi) is 8.90. The first-order chi connectivity index (χ1) is 14.3. The van der Waals surface area contributed by atoms with Gasteiger partial charge >= 0.3 is 0 Å². The van der Waals surface area contributed by atoms with E-state index in [1.54, 1.807) is 11.8 Å². The Labute approximate surface area is 180 Å². The van der Waals surface area contributed by atoms with E-state index in [0.717, 1.165) is 29.5 Å². The van der Waals surface area contributed by atoms with Gasteiger partial charge in [-0.15, -0.1) is 0 Å². The number of unbranched alkanes of at least 4 members (excludes halogenated alkanes) is 1. The molecule has 5 heteroatoms. The van der Waals surface area contributed by atoms with E-state index < -0.39 is 6.04 Å². The van der Waals surface area contributed by atoms with Gasteiger partial charge in [0.05, 0.1) is 0 Å². The van der Waals surface area contributed by atoms with Gasteiger partial charge in [0, 0.05) is 13.1 Å². The van der Waals surface area contributed by atoms with Crippen LogP contribution in [0.15, 0.2) is 42.5 Å². The second-order valence-corrected chi connectivity index (χ2v) is 7.87. The molecule has 2 amide bonds. The summed E-state index contributed by atoms with van der Waals surface area (Å²) in [4.78, 5) is 27.3. The fourth-order valence-corrected chi connectivity index (χ4v) is 3.16. The van der Waals surface area contributed by atoms with E-state index in [4.69, 9.17) is 4.74 Å². The summed E-state index contributed by atoms with van der Waals surface area (Å²) in [5, 5.41) is 2.93. The van der Waals surface area contributed by atoms with Crippen molar-refractivity contribution in [3.05, 3.63) is 64.7 Å². The van der Waals surface area contributed by atoms with Gasteiger partial charge in [0.25, 0.3) is 5.91 Å². The largest absolute Gasteiger partial charge is 0.484 e. The quantitative estimate of drug-likeness (QED) is 0.593. The highest BCUT2D eigenvalue weighted by Gasteiger charge is 2.26. The van der Waals surface area contributed by atoms with Crippen LogP contribution in [0.5, 0.6) is 5.75 Å². The third kappa shape index (κ3) is 6.90. The standard InChI is InChI=1S/C25H34N2O3/c1-6-7-13-26-25(29)21(5)27(16-22-10-8-9-18(2)14-22)24(28)17-30-23-12-11-19(3)20(4)15-23/h8-12,14-15,21H,6-7,13,16-17H2,1-5H3,(H,26,29)/t21-/m1/s1. The van der Waals surface area contributed by atoms with Crippen LogP contribution in [0.1, 0.15) is 48.9 Å². The average molecular weight is 411 g/mol. The summed E-state index contributed by atoms with van der Waals surface area (Å²) in [5.41, 5.74) is 4.39. The molecular weight excluding hydrogens is 376 g/mol. The number of ether oxygens (including phenoxy) is 1. The molecule has 2 aromatic rings. The van der Waals surface area contributed by atoms with Crippen molar-refractivity contribution < 1.29 is 14.3 Å². The zero-order valence-corrected chi connectivity index (χ0v) is 18.8. The van der Waals surface area contributed by atoms with Crippen LogP contribution in [0.3, 0.4) is 0 Å². The first-order valence-electron chi connectivity index (χ1n) is 10.6. The molecule has 0 aromatic heterocycles. The van der Waals surface area contributed by atoms with Crippen LogP contribution in [0.4, 0.5) is 0 Å². The Bertz CT molecular complexity index is 863. The number of nitrogens with one attached hydrogen (secondary N) is 1. The molecule has 0 unspecified atom stereocenters. The number of benzene rings is 2. The maximum atomic E-state index is 13.1. The number of amides is 2. The smallest absolute Gasteiger partial charge is 0.261 e. The fraction of sp³-hybridized carbons (Fsp3) is 0.440. The molecule has 2 rings (SSSR count). The predicted octanol–water partition coefficient (Wildman–Crippen LogP) is 4.32. The molecule has 162 valence electrons. The van der Waals surface area contributed by atoms with Gasteiger partial charge in [0.1, 0.15) is 11.8 Å². The summed E-state index contributed by atoms with van der Waals surface area (Å²) in [5.74, 6) is 0.297. The average Bonchev–Trinajstić information content (AvgIpc) is 2.72. The molecule has 0 radical (unpaired) electrons. The van der Waals surface area contributed by atoms with Gasteiger partial charge < -0.3 is 15.0 Å². The Balaban J connectivity index is 2.12. The van der Waals surface area contributed by atoms with Crippen molar-refractivity contribution >= 4 is 11.8 Å². The van der Waals surface area contributed by atoms with E-state index >= 15 is 0 Å². The van der Waals surface area contributed by atoms with Crippen LogP contribution in [0.25, 0.3) is 0 Å². The molecule has 0 bridgehead atoms. The Morgan fingerprint density at radius 2 is 1.83 bits per heavy atom. The lowest BCUT2D eigenvalue weighted by Gasteiger charge is -2.29. The highest BCUT2D eigenvalue weighted by Crippen LogP contribution is 2.17. The normalized spacial score (nSPS) is 11.6. The lowest BCUT2D eigenvalue weighted by atomic mass is 10.1. The van der Waals surface area contributed by atoms with Crippen molar-refractivity contribution in [3.8, 4) is 5.75 Å². The minimum absolute atomic E-state index is 0.110. The maximum Gasteiger partial charge on any atom is 0.261 e. The molecular formula is C25H34N2O3. The van der Waals surface area contributed by atoms with Crippen molar-refractivity contribution in [1.82, 2.24) is 10.2 Å². The number of rotatable bonds is 10. The van der Waals surface area contributed by atoms with Crippen molar-refractivity contribution in [1.29, 1.82) is 0 Å². The molecule has 0 spiro atoms. The molecule has 0 fully saturated rings. The summed E-state index contributed by atoms with van der Waals surface area (Å²) in [7, 11) is 0. The Morgan fingerprint density at radius 1 is 1.07 bits per heavy atom. The van der Waals surface area contributed by atoms with Gasteiger partial charge in [0.2, 0.25) is 5.91 Å². The van der Waals surface area contributed by atoms with Gasteiger partial charge in [-0.3, -0.25) is 9.59 Å². The van der Waals surface area contributed by atoms with Crippen LogP contribution in [0, 0.1) is 20.8 Å². The minimum atomic E-state index is -0.585. The molecule has 30 heavy (non-hydrogen) atoms. The molecule has 0 aliphatic carbocycles. The highest BCUT2D eigenvalue weighted by atomic mass is 16.5. The number of hydrogen-bond acceptors (Lipinski definition) is 3. The Hall–Kier alpha value is -2.82. The summed E-state index contributed by atoms with van der Waals surface area (Å²) in [6, 6.07) is 13.2. The van der Waals surface area contributed by atoms with E-state index in [9.17, 15) is 9.59 Å². The Morgan fingerprint density at radius 3 is 2.50 bits per heavy atom. The lowest BCUT2D eigenvalue weighted by molar-refractivity contribution is -0.142. The second-order valence-electron chi connectivity index (χ2n) is 7.87. The van der Waals surface area contributed by atoms with Crippen LogP contribution < -0.4 is 10.1 Å². The first kappa shape index (κ1) is 23.5. The van der Waals surface area contributed by atoms with E-state index in [1.165, 1.54) is 5.56 Å². The second kappa shape index (κ2) is 11.4. The molecule has 1 N–H and O–H groups in total. The van der Waals surface area contributed by atoms with E-state index in [2.05, 4.69) is 12.2 Å². The van der Waals surface area contributed by atoms with Gasteiger partial charge in [-0.25, -0.2) is 0 Å². The van der Waals surface area contributed by atoms with Gasteiger partial charge in [-0.1, -0.05) is 49.2 Å². The molecule has 0 saturated heterocycles. The molecule has 0 saturated carbocycles. The third-order valence-electron chi connectivity index (χ3n) is 5.27. The zero-order valence-electron chi connectivity index (χ0n) is 18.8. The van der Waals surface area contributed by atoms with E-state index in [1.807, 2.05) is 63.2 Å². The van der Waals surface area contributed by atoms with Gasteiger partial charge in [0.15, 0.2) is 6.61 Å². The van der Waals surface area contributed by atoms with Gasteiger partial charge in [-0.05, 0) is 62.9 Å². The minimum Gasteiger partial charge on any atom is -0.484 e. The third-order valence-corrected chi connectivity index (χ3v) is 5.27. The highest BCUT2D eigenvalue weighted by molar-refractivity contribution is 5.87. The monoisotopic (exact) mass is 410 g/mol. The van der Waals surface area contributed by atoms with Gasteiger partial charge in [-0.2, -0.15) is 0 Å². The van der Waals surface area contributed by atoms with Crippen molar-refractivity contribution in [2.45, 2.75) is 60.0 Å². The first-order valence-corrected chi connectivity index (χ1v) is 10.6. The number of carbonyl (C=O) groups excluding carboxylic acids is 2. The molecule has 5 nitrogen and oxygen atoms in total. The maximum absolute atomic E-state index is 13.1. The van der Waals surface area contributed by atoms with Crippen LogP contribution >= 0.6 is 0 Å². The molecule has 1 atom stereocenters. The fourth-order valence-electron chi connectivity index (χ4n) is 3.16. The van der Waals surface area contributed by atoms with Crippen LogP contribution in [-0.2, 0) is 16.1 Å². The summed E-state index contributed by atoms with van der Waals surface area (Å²) in [6.07, 6.45) is 1.92. The molecule has 2 aromatic carbocycles. The van der Waals surface area contributed by atoms with E-state index in [-0.39, 0.29) is 18.4 Å². The summed E-state index contributed by atoms with van der Waals surface area (Å²) in [6.45, 7) is 10.8. The zero-order chi connectivity index (χ0) is 22.1. The lowest BCUT2D eigenvalue weighted by Crippen LogP contribution is -2.49. The number of aryl methyl sites for hydroxylation is 3. The SMILES string of the molecule is CCCCNC(=O)[C@@H](C)N(Cc1cccc(C)c1)C(=O)COc1ccc(C)c(C)c1. The molecule has 0 aliphatic heterocycles. The summed E-state index contributed by atoms with van der Waals surface area (Å²) < 4.78 is 5.75. The summed E-state index contributed by atoms with van der Waals surface area (Å²) >= 11 is 0. The van der Waals surface area contributed by atoms with Crippen molar-refractivity contribution in [3.63, 3.8) is 0 Å². The number of nitrogens with zero attached hydrogens (tertiary/aromatic N) is 1. The van der Waals surface area contributed by atoms with E-state index in [0.29, 0.717) is 18.8 Å². The van der Waals surface area contributed by atoms with Crippen LogP contribution in [-0.4, -0.2) is 35.9 Å². The number of hydrogen-bond donors (Lipinski definition) is 1. The number of carbonyl (C=O) groups is 2. The van der Waals surface area contributed by atoms with Crippen molar-refractivity contribution in [2.75, 3.05) is 13.2 Å². The topological polar surface area (TPSA) is 58.6 Å². The molecule has 0 heterocycles. The predicted molar refractivity (Wildman–Crippen MR) is 121 cm³/mol. The molecule has 0 aliphatic rings. The van der Waals surface area contributed by atoms with Crippen molar-refractivity contribution in [2.24, 2.45) is 0 Å². The van der Waals surface area contributed by atoms with Crippen LogP contribution in [0.2, 0.25) is 0 Å².